The predicted octanol–water partition coefficient (Wildman–Crippen LogP) is 2.60. The number of guanidine groups is 1. The van der Waals surface area contributed by atoms with E-state index < -0.39 is 24.0 Å². The lowest BCUT2D eigenvalue weighted by Gasteiger charge is -2.29. The van der Waals surface area contributed by atoms with Gasteiger partial charge in [-0.2, -0.15) is 13.2 Å². The molecule has 2 rings (SSSR count). The van der Waals surface area contributed by atoms with Crippen LogP contribution in [0.4, 0.5) is 18.9 Å². The molecular formula is C15H19F3IN5O. The molecule has 10 heteroatoms. The molecule has 0 aliphatic carbocycles. The number of hydrogen-bond donors (Lipinski definition) is 3. The highest BCUT2D eigenvalue weighted by Gasteiger charge is 2.57. The van der Waals surface area contributed by atoms with Gasteiger partial charge in [-0.25, -0.2) is 4.98 Å². The number of para-hydroxylation sites is 1. The van der Waals surface area contributed by atoms with Crippen molar-refractivity contribution in [1.82, 2.24) is 9.55 Å². The lowest BCUT2D eigenvalue weighted by atomic mass is 9.98. The van der Waals surface area contributed by atoms with E-state index in [0.29, 0.717) is 5.69 Å². The maximum absolute atomic E-state index is 13.3. The van der Waals surface area contributed by atoms with Crippen LogP contribution in [0.3, 0.4) is 0 Å². The van der Waals surface area contributed by atoms with E-state index in [1.165, 1.54) is 19.4 Å². The standard InChI is InChI=1S/C15H18F3N5O.HI/c1-23-10-9-20-12(23)14(24,15(16,17)18)7-8-21-13(19)22-11-5-3-2-4-6-11;/h2-6,9-10,24H,7-8H2,1H3,(H3,19,21,22);1H. The molecule has 0 aliphatic rings. The van der Waals surface area contributed by atoms with Crippen LogP contribution in [0.15, 0.2) is 47.7 Å². The number of nitrogens with two attached hydrogens (primary N) is 1. The average Bonchev–Trinajstić information content (AvgIpc) is 2.93. The summed E-state index contributed by atoms with van der Waals surface area (Å²) in [6.07, 6.45) is -3.05. The highest BCUT2D eigenvalue weighted by Crippen LogP contribution is 2.40. The van der Waals surface area contributed by atoms with E-state index in [1.807, 2.05) is 6.07 Å². The summed E-state index contributed by atoms with van der Waals surface area (Å²) in [6.45, 7) is -0.325. The molecule has 1 aromatic heterocycles. The topological polar surface area (TPSA) is 88.5 Å². The summed E-state index contributed by atoms with van der Waals surface area (Å²) >= 11 is 0. The van der Waals surface area contributed by atoms with Gasteiger partial charge in [-0.15, -0.1) is 24.0 Å². The van der Waals surface area contributed by atoms with Crippen molar-refractivity contribution < 1.29 is 18.3 Å². The van der Waals surface area contributed by atoms with Gasteiger partial charge in [-0.1, -0.05) is 18.2 Å². The van der Waals surface area contributed by atoms with Crippen molar-refractivity contribution in [2.75, 3.05) is 11.9 Å². The molecule has 0 saturated heterocycles. The summed E-state index contributed by atoms with van der Waals surface area (Å²) < 4.78 is 41.1. The molecular weight excluding hydrogens is 450 g/mol. The van der Waals surface area contributed by atoms with Gasteiger partial charge >= 0.3 is 6.18 Å². The Morgan fingerprint density at radius 2 is 1.96 bits per heavy atom. The Bertz CT molecular complexity index is 705. The number of aryl methyl sites for hydroxylation is 1. The molecule has 1 atom stereocenters. The molecule has 138 valence electrons. The Balaban J connectivity index is 0.00000312. The van der Waals surface area contributed by atoms with Gasteiger partial charge in [0.2, 0.25) is 5.60 Å². The molecule has 0 amide bonds. The fourth-order valence-corrected chi connectivity index (χ4v) is 2.19. The van der Waals surface area contributed by atoms with Crippen LogP contribution in [0.5, 0.6) is 0 Å². The molecule has 0 saturated carbocycles. The van der Waals surface area contributed by atoms with Crippen molar-refractivity contribution in [3.63, 3.8) is 0 Å². The van der Waals surface area contributed by atoms with Gasteiger partial charge in [0.25, 0.3) is 0 Å². The molecule has 0 fully saturated rings. The van der Waals surface area contributed by atoms with E-state index in [1.54, 1.807) is 24.3 Å². The maximum Gasteiger partial charge on any atom is 0.424 e. The lowest BCUT2D eigenvalue weighted by molar-refractivity contribution is -0.272. The first-order valence-electron chi connectivity index (χ1n) is 7.13. The minimum absolute atomic E-state index is 0. The number of rotatable bonds is 5. The van der Waals surface area contributed by atoms with E-state index in [9.17, 15) is 18.3 Å². The third kappa shape index (κ3) is 5.08. The number of anilines is 1. The second-order valence-electron chi connectivity index (χ2n) is 5.23. The van der Waals surface area contributed by atoms with E-state index in [0.717, 1.165) is 4.57 Å². The van der Waals surface area contributed by atoms with Crippen molar-refractivity contribution in [1.29, 1.82) is 0 Å². The molecule has 0 bridgehead atoms. The minimum atomic E-state index is -4.89. The summed E-state index contributed by atoms with van der Waals surface area (Å²) in [5, 5.41) is 12.9. The van der Waals surface area contributed by atoms with Crippen LogP contribution in [-0.4, -0.2) is 33.3 Å². The monoisotopic (exact) mass is 469 g/mol. The summed E-state index contributed by atoms with van der Waals surface area (Å²) in [7, 11) is 1.38. The second-order valence-corrected chi connectivity index (χ2v) is 5.23. The number of aromatic nitrogens is 2. The summed E-state index contributed by atoms with van der Waals surface area (Å²) in [4.78, 5) is 7.46. The number of aliphatic hydroxyl groups is 1. The number of halogens is 4. The number of nitrogens with one attached hydrogen (secondary N) is 1. The molecule has 1 aromatic carbocycles. The lowest BCUT2D eigenvalue weighted by Crippen LogP contribution is -2.45. The number of aliphatic imine (C=N–C) groups is 1. The van der Waals surface area contributed by atoms with E-state index in [-0.39, 0.29) is 36.5 Å². The van der Waals surface area contributed by atoms with Gasteiger partial charge in [0.1, 0.15) is 5.82 Å². The van der Waals surface area contributed by atoms with Crippen molar-refractivity contribution >= 4 is 35.6 Å². The van der Waals surface area contributed by atoms with Gasteiger partial charge in [-0.05, 0) is 12.1 Å². The maximum atomic E-state index is 13.3. The normalized spacial score (nSPS) is 14.5. The summed E-state index contributed by atoms with van der Waals surface area (Å²) in [5.74, 6) is -0.523. The minimum Gasteiger partial charge on any atom is -0.374 e. The van der Waals surface area contributed by atoms with Gasteiger partial charge in [-0.3, -0.25) is 4.99 Å². The third-order valence-electron chi connectivity index (χ3n) is 3.46. The molecule has 25 heavy (non-hydrogen) atoms. The van der Waals surface area contributed by atoms with Gasteiger partial charge in [0.05, 0.1) is 0 Å². The first kappa shape index (κ1) is 21.2. The van der Waals surface area contributed by atoms with Gasteiger partial charge in [0, 0.05) is 38.1 Å². The summed E-state index contributed by atoms with van der Waals surface area (Å²) in [5.41, 5.74) is 3.21. The highest BCUT2D eigenvalue weighted by atomic mass is 127. The molecule has 6 nitrogen and oxygen atoms in total. The van der Waals surface area contributed by atoms with Crippen molar-refractivity contribution in [3.8, 4) is 0 Å². The zero-order valence-electron chi connectivity index (χ0n) is 13.4. The first-order valence-corrected chi connectivity index (χ1v) is 7.13. The fourth-order valence-electron chi connectivity index (χ4n) is 2.19. The first-order chi connectivity index (χ1) is 11.2. The van der Waals surface area contributed by atoms with Crippen LogP contribution >= 0.6 is 24.0 Å². The van der Waals surface area contributed by atoms with E-state index >= 15 is 0 Å². The zero-order chi connectivity index (χ0) is 17.8. The second kappa shape index (κ2) is 8.52. The molecule has 0 spiro atoms. The number of alkyl halides is 3. The molecule has 1 heterocycles. The van der Waals surface area contributed by atoms with Crippen molar-refractivity contribution in [2.45, 2.75) is 18.2 Å². The van der Waals surface area contributed by atoms with Crippen LogP contribution in [0.25, 0.3) is 0 Å². The predicted molar refractivity (Wildman–Crippen MR) is 99.7 cm³/mol. The van der Waals surface area contributed by atoms with Crippen molar-refractivity contribution in [3.05, 3.63) is 48.5 Å². The fraction of sp³-hybridized carbons (Fsp3) is 0.333. The van der Waals surface area contributed by atoms with Crippen molar-refractivity contribution in [2.24, 2.45) is 17.8 Å². The van der Waals surface area contributed by atoms with Crippen LogP contribution in [-0.2, 0) is 12.6 Å². The molecule has 2 aromatic rings. The average molecular weight is 469 g/mol. The number of hydrogen-bond acceptors (Lipinski definition) is 3. The zero-order valence-corrected chi connectivity index (χ0v) is 15.7. The van der Waals surface area contributed by atoms with Crippen LogP contribution in [0.2, 0.25) is 0 Å². The molecule has 0 aliphatic heterocycles. The van der Waals surface area contributed by atoms with E-state index in [4.69, 9.17) is 5.73 Å². The molecule has 1 unspecified atom stereocenters. The quantitative estimate of drug-likeness (QED) is 0.357. The summed E-state index contributed by atoms with van der Waals surface area (Å²) in [6, 6.07) is 8.84. The SMILES string of the molecule is Cn1ccnc1C(O)(CCN=C(N)Nc1ccccc1)C(F)(F)F.I. The number of imidazole rings is 1. The Kier molecular flexibility index (Phi) is 7.23. The number of nitrogens with zero attached hydrogens (tertiary/aromatic N) is 3. The molecule has 0 radical (unpaired) electrons. The van der Waals surface area contributed by atoms with Crippen LogP contribution in [0.1, 0.15) is 12.2 Å². The van der Waals surface area contributed by atoms with Gasteiger partial charge in [0.15, 0.2) is 5.96 Å². The van der Waals surface area contributed by atoms with Crippen LogP contribution < -0.4 is 11.1 Å². The van der Waals surface area contributed by atoms with Gasteiger partial charge < -0.3 is 20.7 Å². The Hall–Kier alpha value is -1.82. The highest BCUT2D eigenvalue weighted by molar-refractivity contribution is 14.0. The number of benzene rings is 1. The largest absolute Gasteiger partial charge is 0.424 e. The third-order valence-corrected chi connectivity index (χ3v) is 3.46. The molecule has 4 N–H and O–H groups in total. The van der Waals surface area contributed by atoms with Crippen LogP contribution in [0, 0.1) is 0 Å². The Labute approximate surface area is 160 Å². The van der Waals surface area contributed by atoms with E-state index in [2.05, 4.69) is 15.3 Å². The Morgan fingerprint density at radius 1 is 1.32 bits per heavy atom. The smallest absolute Gasteiger partial charge is 0.374 e. The Morgan fingerprint density at radius 3 is 2.48 bits per heavy atom.